The van der Waals surface area contributed by atoms with Crippen molar-refractivity contribution in [2.45, 2.75) is 44.6 Å². The van der Waals surface area contributed by atoms with E-state index in [1.54, 1.807) is 0 Å². The summed E-state index contributed by atoms with van der Waals surface area (Å²) in [5, 5.41) is 12.9. The van der Waals surface area contributed by atoms with Crippen molar-refractivity contribution in [2.24, 2.45) is 11.3 Å². The summed E-state index contributed by atoms with van der Waals surface area (Å²) in [6, 6.07) is 8.50. The number of nitriles is 1. The summed E-state index contributed by atoms with van der Waals surface area (Å²) in [7, 11) is 2.16. The summed E-state index contributed by atoms with van der Waals surface area (Å²) in [5.41, 5.74) is 2.60. The van der Waals surface area contributed by atoms with Gasteiger partial charge in [-0.3, -0.25) is 0 Å². The Morgan fingerprint density at radius 1 is 1.32 bits per heavy atom. The van der Waals surface area contributed by atoms with Gasteiger partial charge in [0.15, 0.2) is 0 Å². The quantitative estimate of drug-likeness (QED) is 0.916. The average Bonchev–Trinajstić information content (AvgIpc) is 3.07. The zero-order valence-electron chi connectivity index (χ0n) is 15.3. The zero-order valence-corrected chi connectivity index (χ0v) is 15.3. The molecule has 4 rings (SSSR count). The molecule has 2 saturated heterocycles. The fourth-order valence-electron chi connectivity index (χ4n) is 4.95. The molecule has 0 atom stereocenters. The highest BCUT2D eigenvalue weighted by molar-refractivity contribution is 5.45. The predicted octanol–water partition coefficient (Wildman–Crippen LogP) is 2.96. The number of ether oxygens (including phenoxy) is 1. The minimum atomic E-state index is 0.245. The molecule has 4 nitrogen and oxygen atoms in total. The Morgan fingerprint density at radius 2 is 2.12 bits per heavy atom. The van der Waals surface area contributed by atoms with Crippen molar-refractivity contribution in [3.63, 3.8) is 0 Å². The fourth-order valence-corrected chi connectivity index (χ4v) is 4.95. The van der Waals surface area contributed by atoms with Crippen LogP contribution in [-0.4, -0.2) is 44.2 Å². The van der Waals surface area contributed by atoms with Gasteiger partial charge in [0.1, 0.15) is 17.9 Å². The normalized spacial score (nSPS) is 30.2. The van der Waals surface area contributed by atoms with Crippen LogP contribution in [0.25, 0.3) is 0 Å². The molecule has 2 heterocycles. The van der Waals surface area contributed by atoms with Gasteiger partial charge in [0, 0.05) is 19.6 Å². The molecule has 1 N–H and O–H groups in total. The molecular formula is C21H29N3O. The third kappa shape index (κ3) is 3.68. The number of rotatable bonds is 4. The van der Waals surface area contributed by atoms with Crippen molar-refractivity contribution in [3.05, 3.63) is 29.3 Å². The van der Waals surface area contributed by atoms with E-state index in [9.17, 15) is 5.26 Å². The van der Waals surface area contributed by atoms with Crippen LogP contribution in [0, 0.1) is 22.7 Å². The van der Waals surface area contributed by atoms with Crippen molar-refractivity contribution in [1.29, 1.82) is 5.26 Å². The molecule has 0 unspecified atom stereocenters. The Balaban J connectivity index is 1.39. The molecule has 0 amide bonds. The van der Waals surface area contributed by atoms with Crippen LogP contribution >= 0.6 is 0 Å². The largest absolute Gasteiger partial charge is 0.489 e. The van der Waals surface area contributed by atoms with E-state index in [1.165, 1.54) is 37.9 Å². The maximum atomic E-state index is 9.41. The minimum Gasteiger partial charge on any atom is -0.489 e. The number of nitrogens with zero attached hydrogens (tertiary/aromatic N) is 2. The number of hydrogen-bond acceptors (Lipinski definition) is 4. The molecule has 0 bridgehead atoms. The fraction of sp³-hybridized carbons (Fsp3) is 0.667. The van der Waals surface area contributed by atoms with Crippen LogP contribution < -0.4 is 10.1 Å². The third-order valence-corrected chi connectivity index (χ3v) is 6.43. The lowest BCUT2D eigenvalue weighted by molar-refractivity contribution is 0.0768. The molecule has 134 valence electrons. The highest BCUT2D eigenvalue weighted by Gasteiger charge is 2.45. The van der Waals surface area contributed by atoms with E-state index in [1.807, 2.05) is 6.07 Å². The predicted molar refractivity (Wildman–Crippen MR) is 98.7 cm³/mol. The minimum absolute atomic E-state index is 0.245. The van der Waals surface area contributed by atoms with Gasteiger partial charge in [-0.15, -0.1) is 0 Å². The Kier molecular flexibility index (Phi) is 4.71. The van der Waals surface area contributed by atoms with Gasteiger partial charge in [-0.25, -0.2) is 0 Å². The van der Waals surface area contributed by atoms with E-state index in [-0.39, 0.29) is 6.10 Å². The first-order chi connectivity index (χ1) is 12.2. The summed E-state index contributed by atoms with van der Waals surface area (Å²) < 4.78 is 6.23. The van der Waals surface area contributed by atoms with Crippen LogP contribution in [0.3, 0.4) is 0 Å². The number of benzene rings is 1. The zero-order chi connectivity index (χ0) is 17.3. The van der Waals surface area contributed by atoms with Gasteiger partial charge in [-0.2, -0.15) is 5.26 Å². The monoisotopic (exact) mass is 339 g/mol. The first-order valence-corrected chi connectivity index (χ1v) is 9.75. The molecule has 1 aromatic carbocycles. The van der Waals surface area contributed by atoms with E-state index in [4.69, 9.17) is 4.74 Å². The Hall–Kier alpha value is -1.57. The van der Waals surface area contributed by atoms with Gasteiger partial charge in [0.25, 0.3) is 0 Å². The van der Waals surface area contributed by atoms with Crippen molar-refractivity contribution in [2.75, 3.05) is 33.2 Å². The number of hydrogen-bond donors (Lipinski definition) is 1. The van der Waals surface area contributed by atoms with Crippen LogP contribution in [0.5, 0.6) is 5.75 Å². The molecule has 1 aromatic rings. The maximum Gasteiger partial charge on any atom is 0.137 e. The topological polar surface area (TPSA) is 48.3 Å². The van der Waals surface area contributed by atoms with Crippen molar-refractivity contribution < 1.29 is 4.74 Å². The molecule has 1 aliphatic carbocycles. The van der Waals surface area contributed by atoms with Gasteiger partial charge in [-0.05, 0) is 81.1 Å². The molecule has 4 heteroatoms. The van der Waals surface area contributed by atoms with E-state index in [0.29, 0.717) is 11.0 Å². The first kappa shape index (κ1) is 16.9. The average molecular weight is 339 g/mol. The van der Waals surface area contributed by atoms with Gasteiger partial charge in [0.05, 0.1) is 5.56 Å². The highest BCUT2D eigenvalue weighted by Crippen LogP contribution is 2.50. The highest BCUT2D eigenvalue weighted by atomic mass is 16.5. The molecule has 2 aliphatic heterocycles. The molecule has 0 aromatic heterocycles. The van der Waals surface area contributed by atoms with E-state index < -0.39 is 0 Å². The summed E-state index contributed by atoms with van der Waals surface area (Å²) >= 11 is 0. The second-order valence-corrected chi connectivity index (χ2v) is 8.47. The van der Waals surface area contributed by atoms with E-state index >= 15 is 0 Å². The third-order valence-electron chi connectivity index (χ3n) is 6.43. The standard InChI is InChI=1S/C21H29N3O/c1-24-8-4-19(5-9-24)25-20-11-16(2-3-18(20)14-22)10-17-12-21(13-17)6-7-23-15-21/h2-3,11,17,19,23H,4-10,12-13,15H2,1H3. The molecule has 25 heavy (non-hydrogen) atoms. The second-order valence-electron chi connectivity index (χ2n) is 8.47. The molecule has 3 fully saturated rings. The molecular weight excluding hydrogens is 310 g/mol. The molecule has 1 saturated carbocycles. The second kappa shape index (κ2) is 6.97. The lowest BCUT2D eigenvalue weighted by Gasteiger charge is -2.45. The first-order valence-electron chi connectivity index (χ1n) is 9.75. The SMILES string of the molecule is CN1CCC(Oc2cc(CC3CC4(CCNC4)C3)ccc2C#N)CC1. The molecule has 0 radical (unpaired) electrons. The molecule has 3 aliphatic rings. The number of nitrogens with one attached hydrogen (secondary N) is 1. The van der Waals surface area contributed by atoms with Crippen molar-refractivity contribution in [1.82, 2.24) is 10.2 Å². The van der Waals surface area contributed by atoms with Crippen LogP contribution in [0.2, 0.25) is 0 Å². The smallest absolute Gasteiger partial charge is 0.137 e. The summed E-state index contributed by atoms with van der Waals surface area (Å²) in [6.45, 7) is 4.55. The van der Waals surface area contributed by atoms with Crippen molar-refractivity contribution in [3.8, 4) is 11.8 Å². The Bertz CT molecular complexity index is 644. The Labute approximate surface area is 151 Å². The number of likely N-dealkylation sites (tertiary alicyclic amines) is 1. The molecule has 1 spiro atoms. The van der Waals surface area contributed by atoms with Crippen molar-refractivity contribution >= 4 is 0 Å². The van der Waals surface area contributed by atoms with Gasteiger partial charge >= 0.3 is 0 Å². The lowest BCUT2D eigenvalue weighted by Crippen LogP contribution is -2.39. The maximum absolute atomic E-state index is 9.41. The van der Waals surface area contributed by atoms with Gasteiger partial charge in [-0.1, -0.05) is 6.07 Å². The van der Waals surface area contributed by atoms with Gasteiger partial charge < -0.3 is 15.0 Å². The Morgan fingerprint density at radius 3 is 2.80 bits per heavy atom. The van der Waals surface area contributed by atoms with Gasteiger partial charge in [0.2, 0.25) is 0 Å². The van der Waals surface area contributed by atoms with E-state index in [2.05, 4.69) is 35.5 Å². The summed E-state index contributed by atoms with van der Waals surface area (Å²) in [5.74, 6) is 1.59. The lowest BCUT2D eigenvalue weighted by atomic mass is 9.60. The van der Waals surface area contributed by atoms with Crippen LogP contribution in [0.1, 0.15) is 43.2 Å². The van der Waals surface area contributed by atoms with Crippen LogP contribution in [0.15, 0.2) is 18.2 Å². The summed E-state index contributed by atoms with van der Waals surface area (Å²) in [6.07, 6.45) is 7.51. The summed E-state index contributed by atoms with van der Waals surface area (Å²) in [4.78, 5) is 2.34. The van der Waals surface area contributed by atoms with E-state index in [0.717, 1.165) is 44.0 Å². The van der Waals surface area contributed by atoms with Crippen LogP contribution in [-0.2, 0) is 6.42 Å². The number of piperidine rings is 1. The van der Waals surface area contributed by atoms with Crippen LogP contribution in [0.4, 0.5) is 0 Å².